The van der Waals surface area contributed by atoms with E-state index in [-0.39, 0.29) is 46.5 Å². The smallest absolute Gasteiger partial charge is 0.303 e. The number of nitrogens with one attached hydrogen (secondary N) is 1. The van der Waals surface area contributed by atoms with Crippen molar-refractivity contribution in [3.8, 4) is 11.5 Å². The number of guanidine groups is 1. The molecule has 3 aliphatic carbocycles. The molecule has 3 aliphatic heterocycles. The van der Waals surface area contributed by atoms with Gasteiger partial charge in [-0.05, 0) is 113 Å². The van der Waals surface area contributed by atoms with E-state index < -0.39 is 11.7 Å². The summed E-state index contributed by atoms with van der Waals surface area (Å²) in [7, 11) is 3.84. The summed E-state index contributed by atoms with van der Waals surface area (Å²) >= 11 is 0. The van der Waals surface area contributed by atoms with E-state index in [0.717, 1.165) is 88.4 Å². The minimum Gasteiger partial charge on any atom is -0.504 e. The van der Waals surface area contributed by atoms with Crippen molar-refractivity contribution in [3.05, 3.63) is 59.2 Å². The first-order valence-electron chi connectivity index (χ1n) is 22.1. The van der Waals surface area contributed by atoms with Crippen molar-refractivity contribution in [2.75, 3.05) is 18.8 Å². The number of aryl methyl sites for hydroxylation is 1. The number of ether oxygens (including phenoxy) is 2. The Morgan fingerprint density at radius 1 is 0.983 bits per heavy atom. The predicted molar refractivity (Wildman–Crippen MR) is 234 cm³/mol. The lowest BCUT2D eigenvalue weighted by Gasteiger charge is -2.42. The van der Waals surface area contributed by atoms with Crippen LogP contribution in [0.5, 0.6) is 11.5 Å². The van der Waals surface area contributed by atoms with Gasteiger partial charge in [0, 0.05) is 56.1 Å². The Balaban J connectivity index is 1.18. The molecule has 58 heavy (non-hydrogen) atoms. The minimum atomic E-state index is -0.761. The highest BCUT2D eigenvalue weighted by Gasteiger charge is 2.44. The molecule has 0 radical (unpaired) electrons. The van der Waals surface area contributed by atoms with Gasteiger partial charge in [0.05, 0.1) is 17.1 Å². The number of fused-ring (bicyclic) bond motifs is 12. The summed E-state index contributed by atoms with van der Waals surface area (Å²) in [6.45, 7) is 2.77. The van der Waals surface area contributed by atoms with Crippen molar-refractivity contribution in [3.63, 3.8) is 0 Å². The molecule has 0 unspecified atom stereocenters. The number of phenolic OH excluding ortho intramolecular Hbond substituents is 1. The third-order valence-corrected chi connectivity index (χ3v) is 16.7. The highest BCUT2D eigenvalue weighted by atomic mass is 33.1. The SMILES string of the molecule is CC(=O)O[C@@]12CCc3cc(c(O)c(OC4CCCC4)c3)CN3C[C@](Cc4ccccc4)(CCN=C(N)NC4(CCCC4)SSCCCCC[C@@H](CC1)[C@H](O)C2)CC3=O. The van der Waals surface area contributed by atoms with Crippen LogP contribution in [0.4, 0.5) is 0 Å². The van der Waals surface area contributed by atoms with Crippen LogP contribution in [0.2, 0.25) is 0 Å². The van der Waals surface area contributed by atoms with Gasteiger partial charge in [0.2, 0.25) is 5.91 Å². The molecule has 4 fully saturated rings. The topological polar surface area (TPSA) is 147 Å². The van der Waals surface area contributed by atoms with Gasteiger partial charge in [-0.15, -0.1) is 0 Å². The van der Waals surface area contributed by atoms with Gasteiger partial charge in [-0.1, -0.05) is 83.7 Å². The van der Waals surface area contributed by atoms with E-state index in [4.69, 9.17) is 20.2 Å². The quantitative estimate of drug-likeness (QED) is 0.171. The predicted octanol–water partition coefficient (Wildman–Crippen LogP) is 8.59. The maximum atomic E-state index is 14.1. The van der Waals surface area contributed by atoms with Gasteiger partial charge in [0.1, 0.15) is 5.60 Å². The number of hydrogen-bond donors (Lipinski definition) is 4. The van der Waals surface area contributed by atoms with E-state index in [1.807, 2.05) is 56.8 Å². The average Bonchev–Trinajstić information content (AvgIpc) is 3.94. The van der Waals surface area contributed by atoms with Gasteiger partial charge in [0.15, 0.2) is 17.5 Å². The summed E-state index contributed by atoms with van der Waals surface area (Å²) in [6, 6.07) is 14.3. The molecule has 6 aliphatic rings. The highest BCUT2D eigenvalue weighted by Crippen LogP contribution is 2.47. The second-order valence-electron chi connectivity index (χ2n) is 18.2. The fraction of sp³-hybridized carbons (Fsp3) is 0.674. The van der Waals surface area contributed by atoms with Gasteiger partial charge in [0.25, 0.3) is 0 Å². The van der Waals surface area contributed by atoms with Crippen LogP contribution < -0.4 is 15.8 Å². The van der Waals surface area contributed by atoms with Crippen LogP contribution in [0.1, 0.15) is 139 Å². The molecule has 1 saturated heterocycles. The number of aliphatic hydroxyl groups is 1. The second-order valence-corrected chi connectivity index (χ2v) is 21.0. The Labute approximate surface area is 353 Å². The molecule has 1 amide bonds. The second kappa shape index (κ2) is 19.5. The molecule has 8 rings (SSSR count). The van der Waals surface area contributed by atoms with Gasteiger partial charge in [-0.3, -0.25) is 14.6 Å². The lowest BCUT2D eigenvalue weighted by Crippen LogP contribution is -2.47. The first kappa shape index (κ1) is 43.0. The molecule has 3 saturated carbocycles. The molecular weight excluding hydrogens is 769 g/mol. The zero-order chi connectivity index (χ0) is 40.6. The molecule has 2 aromatic rings. The number of amides is 1. The van der Waals surface area contributed by atoms with Crippen LogP contribution in [-0.4, -0.2) is 74.5 Å². The first-order chi connectivity index (χ1) is 28.0. The van der Waals surface area contributed by atoms with Gasteiger partial charge >= 0.3 is 5.97 Å². The molecule has 6 bridgehead atoms. The number of phenols is 1. The van der Waals surface area contributed by atoms with Gasteiger partial charge < -0.3 is 35.6 Å². The van der Waals surface area contributed by atoms with Crippen LogP contribution in [0.15, 0.2) is 47.5 Å². The number of benzene rings is 2. The van der Waals surface area contributed by atoms with E-state index >= 15 is 0 Å². The van der Waals surface area contributed by atoms with Crippen LogP contribution in [0, 0.1) is 11.3 Å². The number of aliphatic imine (C=N–C) groups is 1. The van der Waals surface area contributed by atoms with Gasteiger partial charge in [-0.2, -0.15) is 0 Å². The molecule has 10 nitrogen and oxygen atoms in total. The number of nitrogens with zero attached hydrogens (tertiary/aromatic N) is 2. The zero-order valence-corrected chi connectivity index (χ0v) is 36.2. The van der Waals surface area contributed by atoms with Crippen molar-refractivity contribution < 1.29 is 29.3 Å². The minimum absolute atomic E-state index is 0.0381. The van der Waals surface area contributed by atoms with E-state index in [9.17, 15) is 19.8 Å². The Morgan fingerprint density at radius 3 is 2.52 bits per heavy atom. The Hall–Kier alpha value is -3.09. The molecule has 5 N–H and O–H groups in total. The number of aliphatic hydroxyl groups excluding tert-OH is 1. The number of carbonyl (C=O) groups is 2. The summed E-state index contributed by atoms with van der Waals surface area (Å²) in [4.78, 5) is 33.3. The lowest BCUT2D eigenvalue weighted by atomic mass is 9.72. The standard InChI is InChI=1S/C46H66N4O6S2/c1-33(51)56-45-21-17-35-26-37(42(54)40(27-35)55-38-15-7-8-16-38)31-50-32-44(30-41(50)53,28-34-12-4-2-5-13-34)23-24-48-43(47)49-46(19-9-10-20-46)58-57-25-11-3-6-14-36(18-22-45)39(52)29-45/h2,4-5,12-13,26-27,36,38-39,52,54H,3,6-11,14-25,28-32H2,1H3,(H3,47,48,49)/t36-,39+,44-,45-/m0/s1. The summed E-state index contributed by atoms with van der Waals surface area (Å²) in [6.07, 6.45) is 17.2. The molecule has 12 heteroatoms. The normalized spacial score (nSPS) is 29.2. The van der Waals surface area contributed by atoms with Crippen molar-refractivity contribution in [2.24, 2.45) is 22.1 Å². The molecule has 318 valence electrons. The van der Waals surface area contributed by atoms with Crippen LogP contribution in [0.25, 0.3) is 0 Å². The van der Waals surface area contributed by atoms with Gasteiger partial charge in [-0.25, -0.2) is 0 Å². The van der Waals surface area contributed by atoms with Crippen LogP contribution in [0.3, 0.4) is 0 Å². The zero-order valence-electron chi connectivity index (χ0n) is 34.6. The molecular formula is C46H66N4O6S2. The average molecular weight is 835 g/mol. The number of hydrogen-bond acceptors (Lipinski definition) is 11. The molecule has 4 atom stereocenters. The number of aromatic hydroxyl groups is 1. The molecule has 0 aromatic heterocycles. The summed E-state index contributed by atoms with van der Waals surface area (Å²) in [5, 5.41) is 26.9. The van der Waals surface area contributed by atoms with Crippen molar-refractivity contribution in [1.29, 1.82) is 0 Å². The third-order valence-electron chi connectivity index (χ3n) is 13.5. The Bertz CT molecular complexity index is 1730. The van der Waals surface area contributed by atoms with E-state index in [1.165, 1.54) is 25.3 Å². The molecule has 1 spiro atoms. The van der Waals surface area contributed by atoms with E-state index in [2.05, 4.69) is 17.4 Å². The highest BCUT2D eigenvalue weighted by molar-refractivity contribution is 8.77. The van der Waals surface area contributed by atoms with Crippen molar-refractivity contribution in [1.82, 2.24) is 10.2 Å². The Kier molecular flexibility index (Phi) is 14.5. The summed E-state index contributed by atoms with van der Waals surface area (Å²) in [5.74, 6) is 2.00. The van der Waals surface area contributed by atoms with Crippen LogP contribution >= 0.6 is 21.6 Å². The van der Waals surface area contributed by atoms with Crippen molar-refractivity contribution >= 4 is 39.4 Å². The van der Waals surface area contributed by atoms with Crippen LogP contribution in [-0.2, 0) is 33.7 Å². The first-order valence-corrected chi connectivity index (χ1v) is 24.4. The lowest BCUT2D eigenvalue weighted by molar-refractivity contribution is -0.168. The molecule has 2 aromatic carbocycles. The summed E-state index contributed by atoms with van der Waals surface area (Å²) < 4.78 is 12.6. The monoisotopic (exact) mass is 834 g/mol. The largest absolute Gasteiger partial charge is 0.504 e. The number of carbonyl (C=O) groups excluding carboxylic acids is 2. The van der Waals surface area contributed by atoms with E-state index in [1.54, 1.807) is 0 Å². The number of esters is 1. The Morgan fingerprint density at radius 2 is 1.76 bits per heavy atom. The molecule has 3 heterocycles. The number of rotatable bonds is 5. The van der Waals surface area contributed by atoms with E-state index in [0.29, 0.717) is 68.9 Å². The maximum absolute atomic E-state index is 14.1. The fourth-order valence-electron chi connectivity index (χ4n) is 10.4. The maximum Gasteiger partial charge on any atom is 0.303 e. The summed E-state index contributed by atoms with van der Waals surface area (Å²) in [5.41, 5.74) is 8.32. The van der Waals surface area contributed by atoms with Crippen molar-refractivity contribution in [2.45, 2.75) is 165 Å². The number of nitrogens with two attached hydrogens (primary N) is 1. The fourth-order valence-corrected chi connectivity index (χ4v) is 13.6. The third kappa shape index (κ3) is 11.2.